The maximum atomic E-state index is 13.5. The van der Waals surface area contributed by atoms with Gasteiger partial charge in [0, 0.05) is 12.0 Å². The summed E-state index contributed by atoms with van der Waals surface area (Å²) in [6.07, 6.45) is 13.3. The molecular weight excluding hydrogens is 637 g/mol. The number of fused-ring (bicyclic) bond motifs is 7. The fourth-order valence-electron chi connectivity index (χ4n) is 14.1. The molecule has 0 heterocycles. The van der Waals surface area contributed by atoms with Gasteiger partial charge in [0.2, 0.25) is 0 Å². The number of ether oxygens (including phenoxy) is 1. The standard InChI is InChI=1S/C45H68FNO4/c1-29(2)32-16-21-45(24-25-47-28-30-10-12-31(46)13-11-30)23-22-43(8)33(39(32)45)14-15-35-42(7)19-18-36(41(5,6)34(42)17-20-44(35,43)9)51-38(50)27-40(3,4)26-37(48)49/h10-13,32-36,39,47H,1,14-28H2,2-9H3,(H,48,49)/t32-,33+,34-,35+,36-,39+,42-,43+,44+,45+/m0/s1. The van der Waals surface area contributed by atoms with Gasteiger partial charge in [0.05, 0.1) is 12.8 Å². The van der Waals surface area contributed by atoms with E-state index in [4.69, 9.17) is 4.74 Å². The van der Waals surface area contributed by atoms with Crippen LogP contribution in [0.3, 0.4) is 0 Å². The number of rotatable bonds is 11. The summed E-state index contributed by atoms with van der Waals surface area (Å²) in [5.41, 5.74) is 2.84. The Morgan fingerprint density at radius 3 is 2.27 bits per heavy atom. The average Bonchev–Trinajstić information content (AvgIpc) is 3.41. The van der Waals surface area contributed by atoms with E-state index in [-0.39, 0.29) is 52.4 Å². The van der Waals surface area contributed by atoms with Crippen LogP contribution in [0.5, 0.6) is 0 Å². The van der Waals surface area contributed by atoms with Gasteiger partial charge in [-0.25, -0.2) is 4.39 Å². The Kier molecular flexibility index (Phi) is 10.3. The van der Waals surface area contributed by atoms with E-state index < -0.39 is 11.4 Å². The lowest BCUT2D eigenvalue weighted by atomic mass is 9.32. The Labute approximate surface area is 308 Å². The summed E-state index contributed by atoms with van der Waals surface area (Å²) < 4.78 is 19.8. The zero-order valence-electron chi connectivity index (χ0n) is 33.1. The van der Waals surface area contributed by atoms with Gasteiger partial charge in [-0.3, -0.25) is 9.59 Å². The highest BCUT2D eigenvalue weighted by Gasteiger charge is 2.71. The third-order valence-electron chi connectivity index (χ3n) is 16.7. The SMILES string of the molecule is C=C(C)[C@@H]1CC[C@]2(CCNCc3ccc(F)cc3)CC[C@]3(C)[C@H](CC[C@@H]4[C@@]5(C)CC[C@H](OC(=O)CC(C)(C)CC(=O)O)C(C)(C)[C@@H]5CC[C@]43C)[C@@H]12. The van der Waals surface area contributed by atoms with Gasteiger partial charge in [-0.05, 0) is 158 Å². The minimum Gasteiger partial charge on any atom is -0.481 e. The zero-order chi connectivity index (χ0) is 37.2. The van der Waals surface area contributed by atoms with E-state index in [1.165, 1.54) is 63.4 Å². The number of hydrogen-bond acceptors (Lipinski definition) is 4. The number of carboxylic acid groups (broad SMARTS) is 1. The molecule has 0 aliphatic heterocycles. The molecule has 284 valence electrons. The second kappa shape index (κ2) is 13.6. The van der Waals surface area contributed by atoms with Crippen LogP contribution in [-0.2, 0) is 20.9 Å². The number of nitrogens with one attached hydrogen (secondary N) is 1. The fraction of sp³-hybridized carbons (Fsp3) is 0.778. The zero-order valence-corrected chi connectivity index (χ0v) is 33.1. The van der Waals surface area contributed by atoms with E-state index in [0.717, 1.165) is 31.5 Å². The lowest BCUT2D eigenvalue weighted by Gasteiger charge is -2.73. The third kappa shape index (κ3) is 6.65. The third-order valence-corrected chi connectivity index (χ3v) is 16.7. The summed E-state index contributed by atoms with van der Waals surface area (Å²) in [4.78, 5) is 24.6. The molecule has 5 aliphatic rings. The minimum absolute atomic E-state index is 0.0413. The van der Waals surface area contributed by atoms with Crippen LogP contribution in [0.1, 0.15) is 144 Å². The number of benzene rings is 1. The molecule has 0 aromatic heterocycles. The van der Waals surface area contributed by atoms with Crippen molar-refractivity contribution in [1.29, 1.82) is 0 Å². The Hall–Kier alpha value is -2.21. The average molecular weight is 706 g/mol. The molecule has 6 rings (SSSR count). The van der Waals surface area contributed by atoms with Crippen molar-refractivity contribution in [3.8, 4) is 0 Å². The molecule has 5 saturated carbocycles. The summed E-state index contributed by atoms with van der Waals surface area (Å²) in [5, 5.41) is 13.1. The van der Waals surface area contributed by atoms with Crippen LogP contribution < -0.4 is 5.32 Å². The Morgan fingerprint density at radius 1 is 0.902 bits per heavy atom. The number of halogens is 1. The molecule has 6 heteroatoms. The van der Waals surface area contributed by atoms with Crippen LogP contribution in [-0.4, -0.2) is 29.7 Å². The number of esters is 1. The van der Waals surface area contributed by atoms with Crippen molar-refractivity contribution in [3.63, 3.8) is 0 Å². The van der Waals surface area contributed by atoms with E-state index in [1.54, 1.807) is 12.1 Å². The fourth-order valence-corrected chi connectivity index (χ4v) is 14.1. The van der Waals surface area contributed by atoms with Crippen molar-refractivity contribution in [2.75, 3.05) is 6.54 Å². The first kappa shape index (κ1) is 38.5. The van der Waals surface area contributed by atoms with Crippen molar-refractivity contribution >= 4 is 11.9 Å². The summed E-state index contributed by atoms with van der Waals surface area (Å²) in [5.74, 6) is 1.80. The minimum atomic E-state index is -0.877. The van der Waals surface area contributed by atoms with Crippen LogP contribution >= 0.6 is 0 Å². The number of carbonyl (C=O) groups is 2. The molecular formula is C45H68FNO4. The molecule has 0 bridgehead atoms. The molecule has 1 aromatic carbocycles. The first-order valence-electron chi connectivity index (χ1n) is 20.3. The molecule has 1 aromatic rings. The van der Waals surface area contributed by atoms with Crippen LogP contribution in [0.15, 0.2) is 36.4 Å². The van der Waals surface area contributed by atoms with Gasteiger partial charge in [0.1, 0.15) is 11.9 Å². The maximum Gasteiger partial charge on any atom is 0.306 e. The van der Waals surface area contributed by atoms with Crippen molar-refractivity contribution in [2.24, 2.45) is 62.1 Å². The molecule has 5 nitrogen and oxygen atoms in total. The number of allylic oxidation sites excluding steroid dienone is 1. The van der Waals surface area contributed by atoms with Gasteiger partial charge in [0.25, 0.3) is 0 Å². The normalized spacial score (nSPS) is 39.9. The van der Waals surface area contributed by atoms with E-state index >= 15 is 0 Å². The largest absolute Gasteiger partial charge is 0.481 e. The van der Waals surface area contributed by atoms with Crippen molar-refractivity contribution in [1.82, 2.24) is 5.32 Å². The Morgan fingerprint density at radius 2 is 1.61 bits per heavy atom. The number of carboxylic acids is 1. The van der Waals surface area contributed by atoms with E-state index in [0.29, 0.717) is 35.0 Å². The molecule has 51 heavy (non-hydrogen) atoms. The summed E-state index contributed by atoms with van der Waals surface area (Å²) in [7, 11) is 0. The van der Waals surface area contributed by atoms with Gasteiger partial charge >= 0.3 is 11.9 Å². The predicted molar refractivity (Wildman–Crippen MR) is 202 cm³/mol. The van der Waals surface area contributed by atoms with Crippen LogP contribution in [0, 0.1) is 67.9 Å². The molecule has 0 spiro atoms. The predicted octanol–water partition coefficient (Wildman–Crippen LogP) is 10.8. The molecule has 0 radical (unpaired) electrons. The maximum absolute atomic E-state index is 13.5. The van der Waals surface area contributed by atoms with Crippen molar-refractivity contribution in [3.05, 3.63) is 47.8 Å². The smallest absolute Gasteiger partial charge is 0.306 e. The summed E-state index contributed by atoms with van der Waals surface area (Å²) in [6, 6.07) is 6.90. The number of hydrogen-bond donors (Lipinski definition) is 2. The molecule has 5 aliphatic carbocycles. The molecule has 5 fully saturated rings. The lowest BCUT2D eigenvalue weighted by molar-refractivity contribution is -0.250. The highest BCUT2D eigenvalue weighted by Crippen LogP contribution is 2.78. The Bertz CT molecular complexity index is 1490. The lowest BCUT2D eigenvalue weighted by Crippen LogP contribution is -2.66. The van der Waals surface area contributed by atoms with E-state index in [9.17, 15) is 19.1 Å². The number of carbonyl (C=O) groups excluding carboxylic acids is 1. The second-order valence-corrected chi connectivity index (χ2v) is 20.4. The van der Waals surface area contributed by atoms with Crippen LogP contribution in [0.25, 0.3) is 0 Å². The Balaban J connectivity index is 1.19. The monoisotopic (exact) mass is 706 g/mol. The van der Waals surface area contributed by atoms with E-state index in [1.807, 2.05) is 26.0 Å². The van der Waals surface area contributed by atoms with Gasteiger partial charge in [-0.2, -0.15) is 0 Å². The van der Waals surface area contributed by atoms with Gasteiger partial charge < -0.3 is 15.2 Å². The molecule has 0 unspecified atom stereocenters. The quantitative estimate of drug-likeness (QED) is 0.136. The van der Waals surface area contributed by atoms with Crippen LogP contribution in [0.4, 0.5) is 4.39 Å². The molecule has 10 atom stereocenters. The first-order valence-corrected chi connectivity index (χ1v) is 20.3. The first-order chi connectivity index (χ1) is 23.8. The second-order valence-electron chi connectivity index (χ2n) is 20.4. The summed E-state index contributed by atoms with van der Waals surface area (Å²) in [6.45, 7) is 25.0. The summed E-state index contributed by atoms with van der Waals surface area (Å²) >= 11 is 0. The molecule has 0 saturated heterocycles. The van der Waals surface area contributed by atoms with Crippen LogP contribution in [0.2, 0.25) is 0 Å². The van der Waals surface area contributed by atoms with Crippen molar-refractivity contribution < 1.29 is 23.8 Å². The van der Waals surface area contributed by atoms with Gasteiger partial charge in [-0.15, -0.1) is 0 Å². The number of aliphatic carboxylic acids is 1. The highest BCUT2D eigenvalue weighted by molar-refractivity contribution is 5.73. The van der Waals surface area contributed by atoms with E-state index in [2.05, 4.69) is 53.4 Å². The van der Waals surface area contributed by atoms with Crippen molar-refractivity contribution in [2.45, 2.75) is 152 Å². The topological polar surface area (TPSA) is 75.6 Å². The highest BCUT2D eigenvalue weighted by atomic mass is 19.1. The molecule has 2 N–H and O–H groups in total. The van der Waals surface area contributed by atoms with Gasteiger partial charge in [-0.1, -0.05) is 72.8 Å². The van der Waals surface area contributed by atoms with Gasteiger partial charge in [0.15, 0.2) is 0 Å². The molecule has 0 amide bonds.